The van der Waals surface area contributed by atoms with Crippen LogP contribution in [0.3, 0.4) is 0 Å². The molecule has 2 aliphatic heterocycles. The summed E-state index contributed by atoms with van der Waals surface area (Å²) in [6, 6.07) is 131. The number of cyclic esters (lactones) is 1. The van der Waals surface area contributed by atoms with Gasteiger partial charge in [-0.15, -0.1) is 0 Å². The first-order chi connectivity index (χ1) is 72.5. The van der Waals surface area contributed by atoms with Gasteiger partial charge in [-0.3, -0.25) is 0 Å². The highest BCUT2D eigenvalue weighted by molar-refractivity contribution is 6.09. The molecule has 0 radical (unpaired) electrons. The Balaban J connectivity index is 0.837. The SMILES string of the molecule is O=C(O[C@@H]1O[C@@H]2COC(=O)c3cc(OCc4ccccc4)c(OCc4ccccc4)c(OCc4ccccc4)c3-c3c(cc(OCc4ccccc4)c(OCc4ccccc4)c3OCc3ccccc3)C(=O)O[C@H]2[C@H](OC(=O)c2cc(OCc3ccccc3)c(OCc3ccccc3)c(OCc3ccccc3)c2)[C@H]1OCc1ccccc1)c1cc(OCc2ccccc2)c(OCc2ccccc2)c(OCc2ccccc2)c1. The summed E-state index contributed by atoms with van der Waals surface area (Å²) >= 11 is 0. The van der Waals surface area contributed by atoms with Gasteiger partial charge >= 0.3 is 23.9 Å². The van der Waals surface area contributed by atoms with E-state index in [9.17, 15) is 0 Å². The Hall–Kier alpha value is -17.9. The fourth-order valence-electron chi connectivity index (χ4n) is 16.8. The first-order valence-electron chi connectivity index (χ1n) is 48.4. The van der Waals surface area contributed by atoms with Crippen molar-refractivity contribution in [3.63, 3.8) is 0 Å². The van der Waals surface area contributed by atoms with Gasteiger partial charge in [0.1, 0.15) is 92.0 Å². The molecule has 2 heterocycles. The summed E-state index contributed by atoms with van der Waals surface area (Å²) in [6.45, 7) is -2.04. The predicted molar refractivity (Wildman–Crippen MR) is 552 cm³/mol. The maximum Gasteiger partial charge on any atom is 0.340 e. The minimum atomic E-state index is -2.05. The van der Waals surface area contributed by atoms with Crippen LogP contribution < -0.4 is 56.8 Å². The normalized spacial score (nSPS) is 14.6. The molecule has 0 N–H and O–H groups in total. The van der Waals surface area contributed by atoms with Gasteiger partial charge in [-0.2, -0.15) is 0 Å². The lowest BCUT2D eigenvalue weighted by Crippen LogP contribution is -2.63. The van der Waals surface area contributed by atoms with Gasteiger partial charge in [0.15, 0.2) is 64.3 Å². The molecular formula is C125H104O22. The summed E-state index contributed by atoms with van der Waals surface area (Å²) in [5, 5.41) is 0. The summed E-state index contributed by atoms with van der Waals surface area (Å²) < 4.78 is 127. The van der Waals surface area contributed by atoms with E-state index in [1.165, 1.54) is 36.4 Å². The molecule has 0 aliphatic carbocycles. The molecule has 17 aromatic carbocycles. The van der Waals surface area contributed by atoms with Gasteiger partial charge < -0.3 is 85.3 Å². The molecule has 5 atom stereocenters. The van der Waals surface area contributed by atoms with Gasteiger partial charge in [0.05, 0.1) is 28.9 Å². The van der Waals surface area contributed by atoms with Crippen LogP contribution in [0.1, 0.15) is 114 Å². The molecule has 0 amide bonds. The number of carbonyl (C=O) groups excluding carboxylic acids is 4. The second kappa shape index (κ2) is 49.2. The fourth-order valence-corrected chi connectivity index (χ4v) is 16.8. The third kappa shape index (κ3) is 26.0. The second-order valence-corrected chi connectivity index (χ2v) is 34.9. The van der Waals surface area contributed by atoms with Crippen LogP contribution in [0, 0.1) is 0 Å². The van der Waals surface area contributed by atoms with Crippen molar-refractivity contribution in [2.75, 3.05) is 6.61 Å². The molecule has 2 aliphatic rings. The van der Waals surface area contributed by atoms with Gasteiger partial charge in [0, 0.05) is 11.1 Å². The number of carbonyl (C=O) groups is 4. The number of hydrogen-bond acceptors (Lipinski definition) is 22. The highest BCUT2D eigenvalue weighted by Gasteiger charge is 2.55. The van der Waals surface area contributed by atoms with E-state index in [1.54, 1.807) is 12.1 Å². The van der Waals surface area contributed by atoms with Crippen LogP contribution in [-0.2, 0) is 114 Å². The molecular weight excluding hydrogens is 1850 g/mol. The molecule has 22 nitrogen and oxygen atoms in total. The summed E-state index contributed by atoms with van der Waals surface area (Å²) in [6.07, 6.45) is -9.81. The minimum Gasteiger partial charge on any atom is -0.485 e. The Morgan fingerprint density at radius 3 is 0.714 bits per heavy atom. The monoisotopic (exact) mass is 1960 g/mol. The van der Waals surface area contributed by atoms with Gasteiger partial charge in [-0.25, -0.2) is 19.2 Å². The van der Waals surface area contributed by atoms with Crippen LogP contribution >= 0.6 is 0 Å². The average Bonchev–Trinajstić information content (AvgIpc) is 1.68. The molecule has 19 rings (SSSR count). The van der Waals surface area contributed by atoms with Gasteiger partial charge in [-0.05, 0) is 109 Å². The fraction of sp³-hybridized carbons (Fsp3) is 0.152. The second-order valence-electron chi connectivity index (χ2n) is 34.9. The predicted octanol–water partition coefficient (Wildman–Crippen LogP) is 25.4. The minimum absolute atomic E-state index is 0.00592. The van der Waals surface area contributed by atoms with Crippen molar-refractivity contribution < 1.29 is 104 Å². The van der Waals surface area contributed by atoms with E-state index in [1.807, 2.05) is 382 Å². The molecule has 22 heteroatoms. The molecule has 0 spiro atoms. The van der Waals surface area contributed by atoms with Crippen LogP contribution in [0.4, 0.5) is 0 Å². The van der Waals surface area contributed by atoms with Crippen molar-refractivity contribution >= 4 is 23.9 Å². The third-order valence-corrected chi connectivity index (χ3v) is 24.4. The summed E-state index contributed by atoms with van der Waals surface area (Å²) in [7, 11) is 0. The van der Waals surface area contributed by atoms with Gasteiger partial charge in [0.2, 0.25) is 29.3 Å². The highest BCUT2D eigenvalue weighted by Crippen LogP contribution is 2.57. The van der Waals surface area contributed by atoms with E-state index in [2.05, 4.69) is 0 Å². The molecule has 17 aromatic rings. The number of benzene rings is 17. The Morgan fingerprint density at radius 2 is 0.449 bits per heavy atom. The number of rotatable bonds is 43. The van der Waals surface area contributed by atoms with Crippen LogP contribution in [0.2, 0.25) is 0 Å². The lowest BCUT2D eigenvalue weighted by molar-refractivity contribution is -0.295. The number of esters is 4. The van der Waals surface area contributed by atoms with Crippen molar-refractivity contribution in [3.8, 4) is 80.1 Å². The molecule has 1 saturated heterocycles. The summed E-state index contributed by atoms with van der Waals surface area (Å²) in [5.41, 5.74) is 8.19. The largest absolute Gasteiger partial charge is 0.485 e. The van der Waals surface area contributed by atoms with E-state index in [-0.39, 0.29) is 188 Å². The van der Waals surface area contributed by atoms with E-state index < -0.39 is 61.2 Å². The summed E-state index contributed by atoms with van der Waals surface area (Å²) in [5.74, 6) is -4.37. The quantitative estimate of drug-likeness (QED) is 0.0255. The van der Waals surface area contributed by atoms with Crippen LogP contribution in [0.5, 0.6) is 69.0 Å². The molecule has 736 valence electrons. The van der Waals surface area contributed by atoms with E-state index in [4.69, 9.17) is 85.3 Å². The molecule has 1 fully saturated rings. The van der Waals surface area contributed by atoms with Crippen molar-refractivity contribution in [1.29, 1.82) is 0 Å². The Labute approximate surface area is 851 Å². The smallest absolute Gasteiger partial charge is 0.340 e. The Bertz CT molecular complexity index is 7050. The zero-order chi connectivity index (χ0) is 99.9. The number of fused-ring (bicyclic) bond motifs is 4. The van der Waals surface area contributed by atoms with Crippen molar-refractivity contribution in [1.82, 2.24) is 0 Å². The third-order valence-electron chi connectivity index (χ3n) is 24.4. The molecule has 0 unspecified atom stereocenters. The molecule has 147 heavy (non-hydrogen) atoms. The van der Waals surface area contributed by atoms with E-state index in [0.717, 1.165) is 50.1 Å². The highest BCUT2D eigenvalue weighted by atomic mass is 16.7. The Morgan fingerprint density at radius 1 is 0.231 bits per heavy atom. The van der Waals surface area contributed by atoms with Crippen LogP contribution in [0.25, 0.3) is 11.1 Å². The van der Waals surface area contributed by atoms with E-state index in [0.29, 0.717) is 22.3 Å². The first kappa shape index (κ1) is 97.9. The summed E-state index contributed by atoms with van der Waals surface area (Å²) in [4.78, 5) is 68.7. The lowest BCUT2D eigenvalue weighted by atomic mass is 9.91. The van der Waals surface area contributed by atoms with Gasteiger partial charge in [-0.1, -0.05) is 394 Å². The van der Waals surface area contributed by atoms with Crippen molar-refractivity contribution in [2.24, 2.45) is 0 Å². The molecule has 0 aromatic heterocycles. The standard InChI is InChI=1S/C125H104O22/c126-121(99-66-103(130-72-86-40-14-1-15-41-86)112(136-78-92-52-26-7-27-53-92)104(67-99)131-73-87-42-16-2-17-43-87)146-119-116-109(144-125(120(119)142-84-98-64-38-13-39-65-98)147-122(127)100-68-105(132-74-88-44-18-3-19-45-88)113(137-79-93-54-28-8-29-55-93)106(69-100)133-75-89-46-20-4-21-47-89)85-143-123(128)101-70-107(134-76-90-48-22-5-23-49-90)114(138-80-94-56-30-9-31-57-94)117(140-82-96-60-34-11-35-61-96)110(101)111-102(124(129)145-116)71-108(135-77-91-50-24-6-25-51-91)115(139-81-95-58-32-10-33-59-95)118(111)141-83-97-62-36-12-37-63-97/h1-71,109,116,119-120,125H,72-85H2/t109-,116-,119+,120-,125+/m1/s1. The van der Waals surface area contributed by atoms with E-state index >= 15 is 19.2 Å². The van der Waals surface area contributed by atoms with Crippen molar-refractivity contribution in [3.05, 3.63) is 525 Å². The number of ether oxygens (including phenoxy) is 18. The average molecular weight is 1960 g/mol. The van der Waals surface area contributed by atoms with Gasteiger partial charge in [0.25, 0.3) is 0 Å². The molecule has 0 bridgehead atoms. The maximum atomic E-state index is 17.9. The number of hydrogen-bond donors (Lipinski definition) is 0. The van der Waals surface area contributed by atoms with Crippen LogP contribution in [0.15, 0.2) is 431 Å². The lowest BCUT2D eigenvalue weighted by Gasteiger charge is -2.44. The van der Waals surface area contributed by atoms with Crippen LogP contribution in [-0.4, -0.2) is 61.2 Å². The first-order valence-corrected chi connectivity index (χ1v) is 48.4. The maximum absolute atomic E-state index is 17.9. The van der Waals surface area contributed by atoms with Crippen molar-refractivity contribution in [2.45, 2.75) is 117 Å². The zero-order valence-electron chi connectivity index (χ0n) is 80.3. The molecule has 0 saturated carbocycles. The zero-order valence-corrected chi connectivity index (χ0v) is 80.3. The topological polar surface area (TPSA) is 234 Å². The Kier molecular flexibility index (Phi) is 32.8.